The second-order valence-corrected chi connectivity index (χ2v) is 6.82. The standard InChI is InChI=1S/C16H27N3OS/c1-3-5-6-12(4-2)9-17-16(20)18-10-14-11-21-15(19-14)13-7-8-13/h11-13H,3-10H2,1-2H3,(H2,17,18,20). The molecule has 4 nitrogen and oxygen atoms in total. The summed E-state index contributed by atoms with van der Waals surface area (Å²) in [7, 11) is 0. The SMILES string of the molecule is CCCCC(CC)CNC(=O)NCc1csc(C2CC2)n1. The summed E-state index contributed by atoms with van der Waals surface area (Å²) < 4.78 is 0. The summed E-state index contributed by atoms with van der Waals surface area (Å²) >= 11 is 1.72. The quantitative estimate of drug-likeness (QED) is 0.723. The summed E-state index contributed by atoms with van der Waals surface area (Å²) in [6, 6.07) is -0.0779. The van der Waals surface area contributed by atoms with Crippen molar-refractivity contribution in [1.82, 2.24) is 15.6 Å². The predicted molar refractivity (Wildman–Crippen MR) is 87.6 cm³/mol. The Bertz CT molecular complexity index is 442. The molecule has 0 aliphatic heterocycles. The van der Waals surface area contributed by atoms with Gasteiger partial charge in [0.2, 0.25) is 0 Å². The Balaban J connectivity index is 1.64. The van der Waals surface area contributed by atoms with Crippen molar-refractivity contribution in [1.29, 1.82) is 0 Å². The van der Waals surface area contributed by atoms with Gasteiger partial charge >= 0.3 is 6.03 Å². The Kier molecular flexibility index (Phi) is 6.49. The van der Waals surface area contributed by atoms with Crippen LogP contribution in [-0.4, -0.2) is 17.6 Å². The predicted octanol–water partition coefficient (Wildman–Crippen LogP) is 4.04. The van der Waals surface area contributed by atoms with Crippen molar-refractivity contribution >= 4 is 17.4 Å². The number of unbranched alkanes of at least 4 members (excludes halogenated alkanes) is 1. The largest absolute Gasteiger partial charge is 0.338 e. The van der Waals surface area contributed by atoms with Crippen LogP contribution in [0.2, 0.25) is 0 Å². The third-order valence-electron chi connectivity index (χ3n) is 4.02. The lowest BCUT2D eigenvalue weighted by Crippen LogP contribution is -2.37. The zero-order valence-corrected chi connectivity index (χ0v) is 14.0. The molecule has 0 bridgehead atoms. The van der Waals surface area contributed by atoms with Crippen LogP contribution in [-0.2, 0) is 6.54 Å². The van der Waals surface area contributed by atoms with Gasteiger partial charge in [0.15, 0.2) is 0 Å². The number of nitrogens with zero attached hydrogens (tertiary/aromatic N) is 1. The molecule has 1 aliphatic rings. The number of amides is 2. The van der Waals surface area contributed by atoms with Gasteiger partial charge in [-0.1, -0.05) is 33.1 Å². The molecular weight excluding hydrogens is 282 g/mol. The molecule has 1 fully saturated rings. The smallest absolute Gasteiger partial charge is 0.315 e. The Morgan fingerprint density at radius 1 is 1.43 bits per heavy atom. The van der Waals surface area contributed by atoms with E-state index in [1.165, 1.54) is 37.1 Å². The van der Waals surface area contributed by atoms with E-state index in [0.29, 0.717) is 18.4 Å². The number of thiazole rings is 1. The molecule has 0 aromatic carbocycles. The first-order valence-corrected chi connectivity index (χ1v) is 9.06. The fraction of sp³-hybridized carbons (Fsp3) is 0.750. The highest BCUT2D eigenvalue weighted by Crippen LogP contribution is 2.41. The van der Waals surface area contributed by atoms with Crippen LogP contribution in [0.4, 0.5) is 4.79 Å². The zero-order valence-electron chi connectivity index (χ0n) is 13.2. The first kappa shape index (κ1) is 16.3. The van der Waals surface area contributed by atoms with E-state index in [-0.39, 0.29) is 6.03 Å². The van der Waals surface area contributed by atoms with Crippen molar-refractivity contribution in [2.24, 2.45) is 5.92 Å². The van der Waals surface area contributed by atoms with E-state index in [2.05, 4.69) is 34.8 Å². The van der Waals surface area contributed by atoms with Crippen molar-refractivity contribution in [2.45, 2.75) is 64.8 Å². The minimum absolute atomic E-state index is 0.0779. The van der Waals surface area contributed by atoms with Gasteiger partial charge in [0, 0.05) is 17.8 Å². The van der Waals surface area contributed by atoms with Crippen molar-refractivity contribution in [3.05, 3.63) is 16.1 Å². The van der Waals surface area contributed by atoms with Crippen LogP contribution in [0, 0.1) is 5.92 Å². The normalized spacial score (nSPS) is 15.7. The molecule has 118 valence electrons. The van der Waals surface area contributed by atoms with E-state index in [1.54, 1.807) is 11.3 Å². The maximum atomic E-state index is 11.8. The van der Waals surface area contributed by atoms with Gasteiger partial charge < -0.3 is 10.6 Å². The molecule has 1 unspecified atom stereocenters. The molecule has 0 spiro atoms. The van der Waals surface area contributed by atoms with E-state index < -0.39 is 0 Å². The van der Waals surface area contributed by atoms with E-state index >= 15 is 0 Å². The third kappa shape index (κ3) is 5.65. The van der Waals surface area contributed by atoms with Crippen LogP contribution in [0.1, 0.15) is 69.0 Å². The average Bonchev–Trinajstić information content (AvgIpc) is 3.24. The Hall–Kier alpha value is -1.10. The highest BCUT2D eigenvalue weighted by Gasteiger charge is 2.26. The molecule has 0 radical (unpaired) electrons. The zero-order chi connectivity index (χ0) is 15.1. The summed E-state index contributed by atoms with van der Waals surface area (Å²) in [5, 5.41) is 9.18. The van der Waals surface area contributed by atoms with Gasteiger partial charge in [-0.15, -0.1) is 11.3 Å². The van der Waals surface area contributed by atoms with Crippen LogP contribution in [0.3, 0.4) is 0 Å². The Labute approximate surface area is 131 Å². The van der Waals surface area contributed by atoms with Crippen molar-refractivity contribution in [3.63, 3.8) is 0 Å². The number of nitrogens with one attached hydrogen (secondary N) is 2. The van der Waals surface area contributed by atoms with Gasteiger partial charge in [-0.25, -0.2) is 9.78 Å². The summed E-state index contributed by atoms with van der Waals surface area (Å²) in [4.78, 5) is 16.4. The van der Waals surface area contributed by atoms with Crippen molar-refractivity contribution in [3.8, 4) is 0 Å². The highest BCUT2D eigenvalue weighted by molar-refractivity contribution is 7.09. The number of urea groups is 1. The maximum absolute atomic E-state index is 11.8. The number of hydrogen-bond donors (Lipinski definition) is 2. The molecule has 2 amide bonds. The van der Waals surface area contributed by atoms with Gasteiger partial charge in [0.25, 0.3) is 0 Å². The molecule has 1 aliphatic carbocycles. The van der Waals surface area contributed by atoms with Crippen LogP contribution in [0.25, 0.3) is 0 Å². The van der Waals surface area contributed by atoms with E-state index in [9.17, 15) is 4.79 Å². The van der Waals surface area contributed by atoms with Gasteiger partial charge in [-0.05, 0) is 25.2 Å². The monoisotopic (exact) mass is 309 g/mol. The minimum Gasteiger partial charge on any atom is -0.338 e. The fourth-order valence-corrected chi connectivity index (χ4v) is 3.33. The Morgan fingerprint density at radius 2 is 2.24 bits per heavy atom. The van der Waals surface area contributed by atoms with Gasteiger partial charge in [0.1, 0.15) is 0 Å². The lowest BCUT2D eigenvalue weighted by atomic mass is 9.99. The second kappa shape index (κ2) is 8.37. The number of hydrogen-bond acceptors (Lipinski definition) is 3. The van der Waals surface area contributed by atoms with Gasteiger partial charge in [-0.3, -0.25) is 0 Å². The minimum atomic E-state index is -0.0779. The molecular formula is C16H27N3OS. The lowest BCUT2D eigenvalue weighted by molar-refractivity contribution is 0.237. The molecule has 21 heavy (non-hydrogen) atoms. The third-order valence-corrected chi connectivity index (χ3v) is 5.08. The molecule has 2 N–H and O–H groups in total. The van der Waals surface area contributed by atoms with Crippen molar-refractivity contribution in [2.75, 3.05) is 6.54 Å². The Morgan fingerprint density at radius 3 is 2.90 bits per heavy atom. The van der Waals surface area contributed by atoms with E-state index in [4.69, 9.17) is 0 Å². The van der Waals surface area contributed by atoms with E-state index in [0.717, 1.165) is 18.7 Å². The summed E-state index contributed by atoms with van der Waals surface area (Å²) in [6.07, 6.45) is 7.33. The molecule has 5 heteroatoms. The molecule has 0 saturated heterocycles. The summed E-state index contributed by atoms with van der Waals surface area (Å²) in [5.41, 5.74) is 0.982. The number of carbonyl (C=O) groups is 1. The number of rotatable bonds is 9. The van der Waals surface area contributed by atoms with Gasteiger partial charge in [-0.2, -0.15) is 0 Å². The molecule has 1 aromatic rings. The van der Waals surface area contributed by atoms with Crippen LogP contribution >= 0.6 is 11.3 Å². The van der Waals surface area contributed by atoms with Crippen LogP contribution in [0.5, 0.6) is 0 Å². The van der Waals surface area contributed by atoms with E-state index in [1.807, 2.05) is 0 Å². The summed E-state index contributed by atoms with van der Waals surface area (Å²) in [6.45, 7) is 5.69. The average molecular weight is 309 g/mol. The molecule has 1 aromatic heterocycles. The molecule has 2 rings (SSSR count). The molecule has 1 heterocycles. The van der Waals surface area contributed by atoms with Crippen LogP contribution < -0.4 is 10.6 Å². The first-order chi connectivity index (χ1) is 10.2. The fourth-order valence-electron chi connectivity index (χ4n) is 2.34. The lowest BCUT2D eigenvalue weighted by Gasteiger charge is -2.15. The van der Waals surface area contributed by atoms with Crippen LogP contribution in [0.15, 0.2) is 5.38 Å². The van der Waals surface area contributed by atoms with Gasteiger partial charge in [0.05, 0.1) is 17.2 Å². The highest BCUT2D eigenvalue weighted by atomic mass is 32.1. The first-order valence-electron chi connectivity index (χ1n) is 8.18. The summed E-state index contributed by atoms with van der Waals surface area (Å²) in [5.74, 6) is 1.29. The molecule has 1 atom stereocenters. The maximum Gasteiger partial charge on any atom is 0.315 e. The van der Waals surface area contributed by atoms with Crippen molar-refractivity contribution < 1.29 is 4.79 Å². The number of aromatic nitrogens is 1. The second-order valence-electron chi connectivity index (χ2n) is 5.93. The number of carbonyl (C=O) groups excluding carboxylic acids is 1. The topological polar surface area (TPSA) is 54.0 Å². The molecule has 1 saturated carbocycles.